The normalized spacial score (nSPS) is 11.2. The summed E-state index contributed by atoms with van der Waals surface area (Å²) in [6.45, 7) is 5.31. The van der Waals surface area contributed by atoms with Gasteiger partial charge in [-0.05, 0) is 30.5 Å². The van der Waals surface area contributed by atoms with Gasteiger partial charge in [0.05, 0.1) is 28.1 Å². The minimum atomic E-state index is -3.94. The van der Waals surface area contributed by atoms with E-state index in [1.165, 1.54) is 18.2 Å². The second kappa shape index (κ2) is 10.2. The number of hydrogen-bond donors (Lipinski definition) is 2. The molecular formula is C21H26N4O6S. The summed E-state index contributed by atoms with van der Waals surface area (Å²) in [6, 6.07) is 10.1. The number of sulfonamides is 1. The Morgan fingerprint density at radius 3 is 2.41 bits per heavy atom. The number of non-ortho nitro benzene ring substituents is 1. The van der Waals surface area contributed by atoms with Gasteiger partial charge in [0.2, 0.25) is 15.9 Å². The minimum Gasteiger partial charge on any atom is -0.352 e. The molecule has 0 aliphatic heterocycles. The molecule has 0 atom stereocenters. The molecule has 0 aromatic heterocycles. The fourth-order valence-electron chi connectivity index (χ4n) is 2.86. The summed E-state index contributed by atoms with van der Waals surface area (Å²) in [7, 11) is -3.94. The van der Waals surface area contributed by atoms with Gasteiger partial charge in [-0.1, -0.05) is 32.0 Å². The molecule has 2 N–H and O–H groups in total. The monoisotopic (exact) mass is 462 g/mol. The topological polar surface area (TPSA) is 139 Å². The number of nitrogens with one attached hydrogen (secondary N) is 2. The average molecular weight is 463 g/mol. The molecule has 0 heterocycles. The van der Waals surface area contributed by atoms with Gasteiger partial charge in [0.1, 0.15) is 6.54 Å². The Kier molecular flexibility index (Phi) is 7.92. The predicted octanol–water partition coefficient (Wildman–Crippen LogP) is 2.69. The summed E-state index contributed by atoms with van der Waals surface area (Å²) in [5.74, 6) is -0.836. The molecule has 0 spiro atoms. The molecule has 0 saturated carbocycles. The molecule has 32 heavy (non-hydrogen) atoms. The highest BCUT2D eigenvalue weighted by Gasteiger charge is 2.25. The van der Waals surface area contributed by atoms with Crippen LogP contribution in [0.1, 0.15) is 29.8 Å². The third-order valence-corrected chi connectivity index (χ3v) is 5.60. The number of aryl methyl sites for hydroxylation is 1. The average Bonchev–Trinajstić information content (AvgIpc) is 2.70. The largest absolute Gasteiger partial charge is 0.352 e. The number of carbonyl (C=O) groups excluding carboxylic acids is 2. The number of para-hydroxylation sites is 1. The standard InChI is InChI=1S/C21H26N4O6S/c1-14(2)12-22-21(27)17-7-5-6-8-18(17)23-20(26)13-24(32(4,30)31)19-11-16(25(28)29)10-9-15(19)3/h5-11,14H,12-13H2,1-4H3,(H,22,27)(H,23,26). The molecule has 10 nitrogen and oxygen atoms in total. The second-order valence-electron chi connectivity index (χ2n) is 7.70. The molecule has 0 aliphatic rings. The minimum absolute atomic E-state index is 0.0276. The summed E-state index contributed by atoms with van der Waals surface area (Å²) < 4.78 is 25.6. The first-order valence-electron chi connectivity index (χ1n) is 9.80. The first-order valence-corrected chi connectivity index (χ1v) is 11.6. The number of nitro groups is 1. The lowest BCUT2D eigenvalue weighted by atomic mass is 10.1. The molecule has 0 bridgehead atoms. The lowest BCUT2D eigenvalue weighted by Crippen LogP contribution is -2.38. The lowest BCUT2D eigenvalue weighted by Gasteiger charge is -2.23. The van der Waals surface area contributed by atoms with Crippen molar-refractivity contribution in [2.75, 3.05) is 29.0 Å². The molecule has 2 aromatic rings. The third kappa shape index (κ3) is 6.51. The van der Waals surface area contributed by atoms with Crippen molar-refractivity contribution in [2.24, 2.45) is 5.92 Å². The van der Waals surface area contributed by atoms with Gasteiger partial charge in [-0.25, -0.2) is 8.42 Å². The maximum absolute atomic E-state index is 12.7. The third-order valence-electron chi connectivity index (χ3n) is 4.48. The molecule has 0 aliphatic carbocycles. The summed E-state index contributed by atoms with van der Waals surface area (Å²) in [4.78, 5) is 35.7. The quantitative estimate of drug-likeness (QED) is 0.434. The first-order chi connectivity index (χ1) is 14.9. The molecular weight excluding hydrogens is 436 g/mol. The van der Waals surface area contributed by atoms with Crippen molar-refractivity contribution in [1.29, 1.82) is 0 Å². The number of anilines is 2. The Labute approximate surface area is 186 Å². The first kappa shape index (κ1) is 24.8. The number of amides is 2. The van der Waals surface area contributed by atoms with Crippen molar-refractivity contribution in [3.05, 3.63) is 63.7 Å². The van der Waals surface area contributed by atoms with Gasteiger partial charge in [0, 0.05) is 18.7 Å². The van der Waals surface area contributed by atoms with Gasteiger partial charge in [0.15, 0.2) is 0 Å². The van der Waals surface area contributed by atoms with Crippen LogP contribution < -0.4 is 14.9 Å². The van der Waals surface area contributed by atoms with Crippen LogP contribution in [0.15, 0.2) is 42.5 Å². The number of nitro benzene ring substituents is 1. The Hall–Kier alpha value is -3.47. The van der Waals surface area contributed by atoms with E-state index in [1.54, 1.807) is 25.1 Å². The molecule has 11 heteroatoms. The smallest absolute Gasteiger partial charge is 0.271 e. The number of hydrogen-bond acceptors (Lipinski definition) is 6. The van der Waals surface area contributed by atoms with E-state index in [4.69, 9.17) is 0 Å². The summed E-state index contributed by atoms with van der Waals surface area (Å²) in [6.07, 6.45) is 0.909. The van der Waals surface area contributed by atoms with Crippen molar-refractivity contribution >= 4 is 38.9 Å². The lowest BCUT2D eigenvalue weighted by molar-refractivity contribution is -0.384. The Balaban J connectivity index is 2.30. The van der Waals surface area contributed by atoms with E-state index in [0.717, 1.165) is 16.6 Å². The predicted molar refractivity (Wildman–Crippen MR) is 122 cm³/mol. The fourth-order valence-corrected chi connectivity index (χ4v) is 3.77. The van der Waals surface area contributed by atoms with Crippen LogP contribution in [0.4, 0.5) is 17.1 Å². The zero-order valence-corrected chi connectivity index (χ0v) is 19.1. The highest BCUT2D eigenvalue weighted by Crippen LogP contribution is 2.27. The van der Waals surface area contributed by atoms with Gasteiger partial charge in [-0.15, -0.1) is 0 Å². The summed E-state index contributed by atoms with van der Waals surface area (Å²) in [5.41, 5.74) is 0.635. The zero-order chi connectivity index (χ0) is 24.1. The van der Waals surface area contributed by atoms with Gasteiger partial charge in [0.25, 0.3) is 11.6 Å². The van der Waals surface area contributed by atoms with Gasteiger partial charge < -0.3 is 10.6 Å². The number of nitrogens with zero attached hydrogens (tertiary/aromatic N) is 2. The zero-order valence-electron chi connectivity index (χ0n) is 18.3. The fraction of sp³-hybridized carbons (Fsp3) is 0.333. The molecule has 0 unspecified atom stereocenters. The highest BCUT2D eigenvalue weighted by atomic mass is 32.2. The van der Waals surface area contributed by atoms with Crippen LogP contribution in [0.2, 0.25) is 0 Å². The summed E-state index contributed by atoms with van der Waals surface area (Å²) in [5, 5.41) is 16.5. The van der Waals surface area contributed by atoms with Crippen molar-refractivity contribution in [2.45, 2.75) is 20.8 Å². The SMILES string of the molecule is Cc1ccc([N+](=O)[O-])cc1N(CC(=O)Nc1ccccc1C(=O)NCC(C)C)S(C)(=O)=O. The molecule has 2 amide bonds. The Morgan fingerprint density at radius 1 is 1.16 bits per heavy atom. The second-order valence-corrected chi connectivity index (χ2v) is 9.60. The van der Waals surface area contributed by atoms with Crippen LogP contribution in [0.3, 0.4) is 0 Å². The molecule has 172 valence electrons. The number of carbonyl (C=O) groups is 2. The van der Waals surface area contributed by atoms with E-state index >= 15 is 0 Å². The van der Waals surface area contributed by atoms with Crippen LogP contribution in [0.25, 0.3) is 0 Å². The Morgan fingerprint density at radius 2 is 1.81 bits per heavy atom. The van der Waals surface area contributed by atoms with E-state index in [9.17, 15) is 28.1 Å². The van der Waals surface area contributed by atoms with Crippen molar-refractivity contribution < 1.29 is 22.9 Å². The van der Waals surface area contributed by atoms with Gasteiger partial charge >= 0.3 is 0 Å². The number of benzene rings is 2. The molecule has 0 saturated heterocycles. The molecule has 2 rings (SSSR count). The molecule has 0 fully saturated rings. The van der Waals surface area contributed by atoms with Gasteiger partial charge in [-0.2, -0.15) is 0 Å². The van der Waals surface area contributed by atoms with E-state index in [0.29, 0.717) is 12.1 Å². The molecule has 2 aromatic carbocycles. The maximum atomic E-state index is 12.7. The van der Waals surface area contributed by atoms with Crippen LogP contribution in [0.5, 0.6) is 0 Å². The molecule has 0 radical (unpaired) electrons. The van der Waals surface area contributed by atoms with Crippen LogP contribution in [-0.2, 0) is 14.8 Å². The summed E-state index contributed by atoms with van der Waals surface area (Å²) >= 11 is 0. The number of rotatable bonds is 9. The van der Waals surface area contributed by atoms with Crippen molar-refractivity contribution in [1.82, 2.24) is 5.32 Å². The van der Waals surface area contributed by atoms with E-state index in [-0.39, 0.29) is 34.5 Å². The highest BCUT2D eigenvalue weighted by molar-refractivity contribution is 7.92. The van der Waals surface area contributed by atoms with Gasteiger partial charge in [-0.3, -0.25) is 24.0 Å². The van der Waals surface area contributed by atoms with Crippen LogP contribution in [-0.4, -0.2) is 44.5 Å². The van der Waals surface area contributed by atoms with E-state index in [2.05, 4.69) is 10.6 Å². The van der Waals surface area contributed by atoms with Crippen molar-refractivity contribution in [3.8, 4) is 0 Å². The van der Waals surface area contributed by atoms with Crippen LogP contribution in [0, 0.1) is 23.0 Å². The van der Waals surface area contributed by atoms with E-state index < -0.39 is 27.4 Å². The Bertz CT molecular complexity index is 1130. The maximum Gasteiger partial charge on any atom is 0.271 e. The van der Waals surface area contributed by atoms with Crippen LogP contribution >= 0.6 is 0 Å². The van der Waals surface area contributed by atoms with Crippen molar-refractivity contribution in [3.63, 3.8) is 0 Å². The van der Waals surface area contributed by atoms with E-state index in [1.807, 2.05) is 13.8 Å².